The number of phenolic OH excluding ortho intramolecular Hbond substituents is 1. The second-order valence-electron chi connectivity index (χ2n) is 12.9. The van der Waals surface area contributed by atoms with Gasteiger partial charge in [0.25, 0.3) is 0 Å². The summed E-state index contributed by atoms with van der Waals surface area (Å²) in [5.41, 5.74) is 1.53. The van der Waals surface area contributed by atoms with E-state index in [1.165, 1.54) is 37.3 Å². The first-order chi connectivity index (χ1) is 22.8. The number of aromatic hydroxyl groups is 1. The van der Waals surface area contributed by atoms with E-state index < -0.39 is 35.0 Å². The van der Waals surface area contributed by atoms with Gasteiger partial charge in [-0.25, -0.2) is 0 Å². The minimum Gasteiger partial charge on any atom is -0.508 e. The fourth-order valence-electron chi connectivity index (χ4n) is 8.91. The third-order valence-corrected chi connectivity index (χ3v) is 10.7. The second kappa shape index (κ2) is 11.7. The highest BCUT2D eigenvalue weighted by Gasteiger charge is 2.66. The molecule has 6 atom stereocenters. The van der Waals surface area contributed by atoms with E-state index in [2.05, 4.69) is 0 Å². The molecule has 7 rings (SSSR count). The number of imide groups is 1. The van der Waals surface area contributed by atoms with Crippen LogP contribution in [0.1, 0.15) is 48.8 Å². The number of methoxy groups -OCH3 is 2. The molecule has 3 aromatic rings. The molecule has 1 saturated heterocycles. The number of likely N-dealkylation sites (tertiary alicyclic amines) is 1. The number of allylic oxidation sites excluding steroid dienone is 4. The van der Waals surface area contributed by atoms with Gasteiger partial charge < -0.3 is 14.6 Å². The summed E-state index contributed by atoms with van der Waals surface area (Å²) in [6.45, 7) is 2.27. The summed E-state index contributed by atoms with van der Waals surface area (Å²) in [6, 6.07) is 21.5. The number of Topliss-reactive ketones (excluding diaryl/α,β-unsaturated/α-hetero) is 1. The van der Waals surface area contributed by atoms with Crippen molar-refractivity contribution in [3.05, 3.63) is 107 Å². The molecule has 0 unspecified atom stereocenters. The number of hydrogen-bond acceptors (Lipinski definition) is 7. The monoisotopic (exact) mass is 631 g/mol. The number of ketones is 2. The third kappa shape index (κ3) is 4.41. The van der Waals surface area contributed by atoms with Crippen LogP contribution in [0.5, 0.6) is 17.2 Å². The number of benzene rings is 3. The van der Waals surface area contributed by atoms with Crippen LogP contribution in [0.25, 0.3) is 5.57 Å². The Kier molecular flexibility index (Phi) is 7.62. The summed E-state index contributed by atoms with van der Waals surface area (Å²) in [7, 11) is 2.97. The zero-order chi connectivity index (χ0) is 33.0. The van der Waals surface area contributed by atoms with E-state index in [0.29, 0.717) is 53.1 Å². The molecular weight excluding hydrogens is 594 g/mol. The van der Waals surface area contributed by atoms with Crippen molar-refractivity contribution in [2.75, 3.05) is 20.8 Å². The predicted molar refractivity (Wildman–Crippen MR) is 175 cm³/mol. The summed E-state index contributed by atoms with van der Waals surface area (Å²) in [6.07, 6.45) is 4.69. The van der Waals surface area contributed by atoms with E-state index in [0.717, 1.165) is 5.57 Å². The lowest BCUT2D eigenvalue weighted by Gasteiger charge is -2.55. The van der Waals surface area contributed by atoms with Crippen molar-refractivity contribution in [1.82, 2.24) is 4.90 Å². The minimum absolute atomic E-state index is 0.0816. The quantitative estimate of drug-likeness (QED) is 0.265. The van der Waals surface area contributed by atoms with Gasteiger partial charge in [0.05, 0.1) is 31.5 Å². The Labute approximate surface area is 273 Å². The molecule has 8 nitrogen and oxygen atoms in total. The molecule has 240 valence electrons. The van der Waals surface area contributed by atoms with Gasteiger partial charge in [0, 0.05) is 41.6 Å². The first-order valence-corrected chi connectivity index (χ1v) is 16.2. The summed E-state index contributed by atoms with van der Waals surface area (Å²) in [5, 5.41) is 10.7. The molecular formula is C39H37NO7. The molecule has 0 bridgehead atoms. The number of fused-ring (bicyclic) bond motifs is 4. The van der Waals surface area contributed by atoms with E-state index in [9.17, 15) is 19.5 Å². The first kappa shape index (κ1) is 30.7. The van der Waals surface area contributed by atoms with Crippen LogP contribution in [0.15, 0.2) is 90.5 Å². The maximum absolute atomic E-state index is 15.2. The van der Waals surface area contributed by atoms with Crippen molar-refractivity contribution in [2.45, 2.75) is 37.5 Å². The lowest BCUT2D eigenvalue weighted by atomic mass is 9.44. The van der Waals surface area contributed by atoms with Crippen molar-refractivity contribution in [3.8, 4) is 17.2 Å². The maximum Gasteiger partial charge on any atom is 0.233 e. The van der Waals surface area contributed by atoms with Gasteiger partial charge in [-0.05, 0) is 42.4 Å². The molecule has 1 heterocycles. The first-order valence-electron chi connectivity index (χ1n) is 16.2. The van der Waals surface area contributed by atoms with E-state index in [-0.39, 0.29) is 35.6 Å². The molecule has 3 aliphatic carbocycles. The molecule has 47 heavy (non-hydrogen) atoms. The average molecular weight is 632 g/mol. The number of nitrogens with zero attached hydrogens (tertiary/aromatic N) is 1. The van der Waals surface area contributed by atoms with Crippen LogP contribution in [-0.4, -0.2) is 54.2 Å². The third-order valence-electron chi connectivity index (χ3n) is 10.7. The van der Waals surface area contributed by atoms with Gasteiger partial charge in [0.1, 0.15) is 17.2 Å². The molecule has 1 saturated carbocycles. The Morgan fingerprint density at radius 3 is 2.13 bits per heavy atom. The van der Waals surface area contributed by atoms with Crippen LogP contribution < -0.4 is 9.47 Å². The van der Waals surface area contributed by atoms with Crippen molar-refractivity contribution in [1.29, 1.82) is 0 Å². The van der Waals surface area contributed by atoms with E-state index >= 15 is 4.79 Å². The zero-order valence-electron chi connectivity index (χ0n) is 26.6. The number of rotatable bonds is 7. The smallest absolute Gasteiger partial charge is 0.233 e. The number of carbonyl (C=O) groups is 4. The second-order valence-corrected chi connectivity index (χ2v) is 12.9. The molecule has 8 heteroatoms. The van der Waals surface area contributed by atoms with Crippen LogP contribution in [0.4, 0.5) is 0 Å². The van der Waals surface area contributed by atoms with E-state index in [1.54, 1.807) is 0 Å². The van der Waals surface area contributed by atoms with Crippen LogP contribution >= 0.6 is 0 Å². The lowest BCUT2D eigenvalue weighted by Crippen LogP contribution is -2.59. The van der Waals surface area contributed by atoms with Gasteiger partial charge in [-0.15, -0.1) is 0 Å². The molecule has 0 spiro atoms. The molecule has 0 aromatic heterocycles. The van der Waals surface area contributed by atoms with E-state index in [4.69, 9.17) is 9.47 Å². The van der Waals surface area contributed by atoms with Crippen molar-refractivity contribution < 1.29 is 33.8 Å². The van der Waals surface area contributed by atoms with Gasteiger partial charge in [0.2, 0.25) is 11.8 Å². The number of ether oxygens (including phenoxy) is 2. The van der Waals surface area contributed by atoms with Gasteiger partial charge in [0.15, 0.2) is 11.6 Å². The molecule has 2 amide bonds. The van der Waals surface area contributed by atoms with Crippen LogP contribution in [0.2, 0.25) is 0 Å². The Hall–Kier alpha value is -4.98. The van der Waals surface area contributed by atoms with Crippen molar-refractivity contribution in [3.63, 3.8) is 0 Å². The Morgan fingerprint density at radius 2 is 1.51 bits per heavy atom. The molecule has 1 N–H and O–H groups in total. The summed E-state index contributed by atoms with van der Waals surface area (Å²) < 4.78 is 11.8. The van der Waals surface area contributed by atoms with Gasteiger partial charge in [-0.1, -0.05) is 79.2 Å². The van der Waals surface area contributed by atoms with Crippen molar-refractivity contribution in [2.24, 2.45) is 23.7 Å². The van der Waals surface area contributed by atoms with Gasteiger partial charge >= 0.3 is 0 Å². The fraction of sp³-hybridized carbons (Fsp3) is 0.333. The topological polar surface area (TPSA) is 110 Å². The Balaban J connectivity index is 1.55. The number of carbonyl (C=O) groups excluding carboxylic acids is 4. The zero-order valence-corrected chi connectivity index (χ0v) is 26.6. The standard InChI is InChI=1S/C39H37NO7/c1-4-17-40-37(44)26-16-15-25-28(33(26)38(40)45)20-29-36(43)27(22-11-7-5-8-12-22)21-32(42)39(29,23-13-9-6-10-14-23)35(25)34-30(46-2)18-24(41)19-31(34)47-3/h5-15,18-19,21,26,28-29,33,35,41H,4,16-17,20H2,1-3H3/t26-,28+,29-,33-,35+,39-/m0/s1. The highest BCUT2D eigenvalue weighted by molar-refractivity contribution is 6.31. The minimum atomic E-state index is -1.43. The highest BCUT2D eigenvalue weighted by atomic mass is 16.5. The van der Waals surface area contributed by atoms with Crippen LogP contribution in [0, 0.1) is 23.7 Å². The normalized spacial score (nSPS) is 28.2. The molecule has 4 aliphatic rings. The molecule has 1 aliphatic heterocycles. The summed E-state index contributed by atoms with van der Waals surface area (Å²) >= 11 is 0. The predicted octanol–water partition coefficient (Wildman–Crippen LogP) is 5.64. The maximum atomic E-state index is 15.2. The van der Waals surface area contributed by atoms with Gasteiger partial charge in [-0.3, -0.25) is 24.1 Å². The lowest BCUT2D eigenvalue weighted by molar-refractivity contribution is -0.140. The number of hydrogen-bond donors (Lipinski definition) is 1. The largest absolute Gasteiger partial charge is 0.508 e. The van der Waals surface area contributed by atoms with Crippen LogP contribution in [-0.2, 0) is 24.6 Å². The SMILES string of the molecule is CCCN1C(=O)[C@H]2[C@H](CC=C3[C@H]2C[C@H]2C(=O)C(c4ccccc4)=CC(=O)[C@@]2(c2ccccc2)[C@H]3c2c(OC)cc(O)cc2OC)C1=O. The highest BCUT2D eigenvalue weighted by Crippen LogP contribution is 2.65. The van der Waals surface area contributed by atoms with E-state index in [1.807, 2.05) is 73.7 Å². The van der Waals surface area contributed by atoms with Crippen molar-refractivity contribution >= 4 is 29.0 Å². The Bertz CT molecular complexity index is 1820. The molecule has 3 aromatic carbocycles. The summed E-state index contributed by atoms with van der Waals surface area (Å²) in [5.74, 6) is -3.69. The van der Waals surface area contributed by atoms with Crippen LogP contribution in [0.3, 0.4) is 0 Å². The number of amides is 2. The number of phenols is 1. The average Bonchev–Trinajstić information content (AvgIpc) is 3.34. The molecule has 0 radical (unpaired) electrons. The van der Waals surface area contributed by atoms with Gasteiger partial charge in [-0.2, -0.15) is 0 Å². The summed E-state index contributed by atoms with van der Waals surface area (Å²) in [4.78, 5) is 59.3. The fourth-order valence-corrected chi connectivity index (χ4v) is 8.91. The Morgan fingerprint density at radius 1 is 0.872 bits per heavy atom. The molecule has 2 fully saturated rings.